The van der Waals surface area contributed by atoms with E-state index in [2.05, 4.69) is 40.0 Å². The van der Waals surface area contributed by atoms with Crippen LogP contribution in [0.3, 0.4) is 0 Å². The zero-order valence-corrected chi connectivity index (χ0v) is 12.4. The molecule has 0 aliphatic heterocycles. The van der Waals surface area contributed by atoms with E-state index in [0.717, 1.165) is 30.6 Å². The predicted octanol–water partition coefficient (Wildman–Crippen LogP) is 3.59. The number of imidazole rings is 1. The molecule has 0 saturated heterocycles. The molecule has 1 fully saturated rings. The molecule has 1 aromatic heterocycles. The summed E-state index contributed by atoms with van der Waals surface area (Å²) in [6.45, 7) is 4.55. The summed E-state index contributed by atoms with van der Waals surface area (Å²) in [5.41, 5.74) is 2.35. The molecule has 1 aromatic carbocycles. The minimum Gasteiger partial charge on any atom is -0.331 e. The van der Waals surface area contributed by atoms with E-state index in [-0.39, 0.29) is 0 Å². The van der Waals surface area contributed by atoms with Crippen LogP contribution in [0.4, 0.5) is 0 Å². The lowest BCUT2D eigenvalue weighted by molar-refractivity contribution is 0.279. The molecule has 3 heteroatoms. The fraction of sp³-hybridized carbons (Fsp3) is 0.588. The number of para-hydroxylation sites is 2. The highest BCUT2D eigenvalue weighted by Crippen LogP contribution is 2.23. The number of fused-ring (bicyclic) bond motifs is 1. The van der Waals surface area contributed by atoms with Gasteiger partial charge in [0.2, 0.25) is 0 Å². The SMILES string of the molecule is CC1CCCCC1NCCCn1cnc2ccccc21. The molecule has 1 saturated carbocycles. The number of aromatic nitrogens is 2. The van der Waals surface area contributed by atoms with Crippen LogP contribution >= 0.6 is 0 Å². The number of nitrogens with zero attached hydrogens (tertiary/aromatic N) is 2. The van der Waals surface area contributed by atoms with Crippen molar-refractivity contribution < 1.29 is 0 Å². The predicted molar refractivity (Wildman–Crippen MR) is 83.8 cm³/mol. The van der Waals surface area contributed by atoms with Crippen LogP contribution in [-0.2, 0) is 6.54 Å². The molecule has 20 heavy (non-hydrogen) atoms. The first-order valence-electron chi connectivity index (χ1n) is 7.98. The minimum absolute atomic E-state index is 0.739. The van der Waals surface area contributed by atoms with Crippen molar-refractivity contribution in [3.05, 3.63) is 30.6 Å². The first kappa shape index (κ1) is 13.6. The number of hydrogen-bond acceptors (Lipinski definition) is 2. The van der Waals surface area contributed by atoms with Gasteiger partial charge in [0.25, 0.3) is 0 Å². The highest BCUT2D eigenvalue weighted by Gasteiger charge is 2.19. The van der Waals surface area contributed by atoms with Gasteiger partial charge in [0, 0.05) is 12.6 Å². The summed E-state index contributed by atoms with van der Waals surface area (Å²) in [5.74, 6) is 0.845. The van der Waals surface area contributed by atoms with E-state index in [0.29, 0.717) is 0 Å². The number of benzene rings is 1. The molecule has 3 rings (SSSR count). The maximum absolute atomic E-state index is 4.44. The van der Waals surface area contributed by atoms with E-state index in [1.54, 1.807) is 0 Å². The number of aryl methyl sites for hydroxylation is 1. The van der Waals surface area contributed by atoms with Crippen molar-refractivity contribution in [2.75, 3.05) is 6.54 Å². The molecular weight excluding hydrogens is 246 g/mol. The first-order valence-corrected chi connectivity index (χ1v) is 7.98. The molecule has 1 heterocycles. The van der Waals surface area contributed by atoms with Crippen molar-refractivity contribution in [2.45, 2.75) is 51.6 Å². The fourth-order valence-corrected chi connectivity index (χ4v) is 3.34. The lowest BCUT2D eigenvalue weighted by Crippen LogP contribution is -2.37. The van der Waals surface area contributed by atoms with Gasteiger partial charge in [0.1, 0.15) is 0 Å². The molecule has 0 bridgehead atoms. The third-order valence-electron chi connectivity index (χ3n) is 4.62. The van der Waals surface area contributed by atoms with Crippen LogP contribution in [0.5, 0.6) is 0 Å². The van der Waals surface area contributed by atoms with E-state index in [4.69, 9.17) is 0 Å². The summed E-state index contributed by atoms with van der Waals surface area (Å²) in [7, 11) is 0. The summed E-state index contributed by atoms with van der Waals surface area (Å²) in [6.07, 6.45) is 8.70. The third kappa shape index (κ3) is 3.04. The summed E-state index contributed by atoms with van der Waals surface area (Å²) in [6, 6.07) is 9.10. The van der Waals surface area contributed by atoms with Gasteiger partial charge >= 0.3 is 0 Å². The normalized spacial score (nSPS) is 23.2. The Morgan fingerprint density at radius 2 is 2.10 bits per heavy atom. The van der Waals surface area contributed by atoms with E-state index in [1.807, 2.05) is 12.4 Å². The summed E-state index contributed by atoms with van der Waals surface area (Å²) in [4.78, 5) is 4.44. The molecule has 1 N–H and O–H groups in total. The summed E-state index contributed by atoms with van der Waals surface area (Å²) < 4.78 is 2.27. The molecule has 2 unspecified atom stereocenters. The average molecular weight is 271 g/mol. The van der Waals surface area contributed by atoms with Crippen LogP contribution in [0.2, 0.25) is 0 Å². The lowest BCUT2D eigenvalue weighted by atomic mass is 9.86. The second-order valence-corrected chi connectivity index (χ2v) is 6.10. The van der Waals surface area contributed by atoms with Crippen LogP contribution in [0.1, 0.15) is 39.0 Å². The quantitative estimate of drug-likeness (QED) is 0.842. The Morgan fingerprint density at radius 3 is 3.00 bits per heavy atom. The molecule has 1 aliphatic carbocycles. The third-order valence-corrected chi connectivity index (χ3v) is 4.62. The van der Waals surface area contributed by atoms with Gasteiger partial charge in [0.15, 0.2) is 0 Å². The maximum atomic E-state index is 4.44. The van der Waals surface area contributed by atoms with Crippen molar-refractivity contribution in [1.29, 1.82) is 0 Å². The largest absolute Gasteiger partial charge is 0.331 e. The molecule has 0 radical (unpaired) electrons. The van der Waals surface area contributed by atoms with Gasteiger partial charge in [-0.25, -0.2) is 4.98 Å². The van der Waals surface area contributed by atoms with Crippen LogP contribution in [-0.4, -0.2) is 22.1 Å². The number of hydrogen-bond donors (Lipinski definition) is 1. The number of rotatable bonds is 5. The van der Waals surface area contributed by atoms with Gasteiger partial charge in [0.05, 0.1) is 17.4 Å². The Kier molecular flexibility index (Phi) is 4.36. The van der Waals surface area contributed by atoms with Crippen molar-refractivity contribution in [2.24, 2.45) is 5.92 Å². The monoisotopic (exact) mass is 271 g/mol. The summed E-state index contributed by atoms with van der Waals surface area (Å²) in [5, 5.41) is 3.75. The Morgan fingerprint density at radius 1 is 1.25 bits per heavy atom. The van der Waals surface area contributed by atoms with E-state index in [1.165, 1.54) is 37.6 Å². The molecule has 2 aromatic rings. The van der Waals surface area contributed by atoms with E-state index < -0.39 is 0 Å². The molecule has 0 amide bonds. The zero-order valence-electron chi connectivity index (χ0n) is 12.4. The number of nitrogens with one attached hydrogen (secondary N) is 1. The van der Waals surface area contributed by atoms with Gasteiger partial charge in [-0.15, -0.1) is 0 Å². The van der Waals surface area contributed by atoms with Crippen LogP contribution in [0.25, 0.3) is 11.0 Å². The van der Waals surface area contributed by atoms with Gasteiger partial charge < -0.3 is 9.88 Å². The molecule has 3 nitrogen and oxygen atoms in total. The summed E-state index contributed by atoms with van der Waals surface area (Å²) >= 11 is 0. The van der Waals surface area contributed by atoms with Crippen molar-refractivity contribution in [3.8, 4) is 0 Å². The van der Waals surface area contributed by atoms with Crippen LogP contribution < -0.4 is 5.32 Å². The lowest BCUT2D eigenvalue weighted by Gasteiger charge is -2.29. The van der Waals surface area contributed by atoms with Crippen LogP contribution in [0.15, 0.2) is 30.6 Å². The highest BCUT2D eigenvalue weighted by atomic mass is 15.0. The first-order chi connectivity index (χ1) is 9.84. The Labute approximate surface area is 121 Å². The molecule has 1 aliphatic rings. The van der Waals surface area contributed by atoms with Crippen LogP contribution in [0, 0.1) is 5.92 Å². The second-order valence-electron chi connectivity index (χ2n) is 6.10. The average Bonchev–Trinajstić information content (AvgIpc) is 2.89. The maximum Gasteiger partial charge on any atom is 0.0958 e. The van der Waals surface area contributed by atoms with Crippen molar-refractivity contribution in [3.63, 3.8) is 0 Å². The van der Waals surface area contributed by atoms with E-state index in [9.17, 15) is 0 Å². The topological polar surface area (TPSA) is 29.9 Å². The fourth-order valence-electron chi connectivity index (χ4n) is 3.34. The van der Waals surface area contributed by atoms with Gasteiger partial charge in [-0.2, -0.15) is 0 Å². The zero-order chi connectivity index (χ0) is 13.8. The van der Waals surface area contributed by atoms with Crippen molar-refractivity contribution >= 4 is 11.0 Å². The molecular formula is C17H25N3. The standard InChI is InChI=1S/C17H25N3/c1-14-7-2-3-8-15(14)18-11-6-12-20-13-19-16-9-4-5-10-17(16)20/h4-5,9-10,13-15,18H,2-3,6-8,11-12H2,1H3. The van der Waals surface area contributed by atoms with Crippen molar-refractivity contribution in [1.82, 2.24) is 14.9 Å². The Balaban J connectivity index is 1.48. The molecule has 0 spiro atoms. The second kappa shape index (κ2) is 6.40. The molecule has 2 atom stereocenters. The smallest absolute Gasteiger partial charge is 0.0958 e. The van der Waals surface area contributed by atoms with Gasteiger partial charge in [-0.1, -0.05) is 31.9 Å². The minimum atomic E-state index is 0.739. The highest BCUT2D eigenvalue weighted by molar-refractivity contribution is 5.74. The Hall–Kier alpha value is -1.35. The Bertz CT molecular complexity index is 546. The molecule has 108 valence electrons. The van der Waals surface area contributed by atoms with Gasteiger partial charge in [-0.05, 0) is 43.9 Å². The van der Waals surface area contributed by atoms with E-state index >= 15 is 0 Å². The van der Waals surface area contributed by atoms with Gasteiger partial charge in [-0.3, -0.25) is 0 Å².